The Morgan fingerprint density at radius 3 is 2.83 bits per heavy atom. The van der Waals surface area contributed by atoms with Gasteiger partial charge in [-0.25, -0.2) is 0 Å². The van der Waals surface area contributed by atoms with Gasteiger partial charge in [0.1, 0.15) is 5.76 Å². The molecule has 64 valence electrons. The van der Waals surface area contributed by atoms with Crippen molar-refractivity contribution in [3.63, 3.8) is 0 Å². The number of hydrogen-bond donors (Lipinski definition) is 1. The van der Waals surface area contributed by atoms with Gasteiger partial charge >= 0.3 is 0 Å². The molecular formula is C8H9NO3. The van der Waals surface area contributed by atoms with Gasteiger partial charge in [0.05, 0.1) is 12.8 Å². The number of hydrogen-bond acceptors (Lipinski definition) is 3. The van der Waals surface area contributed by atoms with Gasteiger partial charge in [0.2, 0.25) is 5.78 Å². The fraction of sp³-hybridized carbons (Fsp3) is 0.250. The molecule has 1 heterocycles. The van der Waals surface area contributed by atoms with Gasteiger partial charge in [-0.15, -0.1) is 0 Å². The summed E-state index contributed by atoms with van der Waals surface area (Å²) in [6.07, 6.45) is 1.51. The van der Waals surface area contributed by atoms with Gasteiger partial charge in [-0.05, 0) is 12.1 Å². The molecule has 1 aromatic rings. The average Bonchev–Trinajstić information content (AvgIpc) is 2.51. The molecule has 0 unspecified atom stereocenters. The molecule has 0 saturated heterocycles. The van der Waals surface area contributed by atoms with Crippen LogP contribution in [0.25, 0.3) is 0 Å². The first-order valence-electron chi connectivity index (χ1n) is 3.51. The SMILES string of the molecule is CC(=O)C(=O)NCc1ccco1. The van der Waals surface area contributed by atoms with Crippen molar-refractivity contribution < 1.29 is 14.0 Å². The largest absolute Gasteiger partial charge is 0.467 e. The average molecular weight is 167 g/mol. The highest BCUT2D eigenvalue weighted by molar-refractivity contribution is 6.35. The smallest absolute Gasteiger partial charge is 0.287 e. The van der Waals surface area contributed by atoms with Gasteiger partial charge in [0, 0.05) is 6.92 Å². The summed E-state index contributed by atoms with van der Waals surface area (Å²) >= 11 is 0. The summed E-state index contributed by atoms with van der Waals surface area (Å²) in [4.78, 5) is 21.2. The summed E-state index contributed by atoms with van der Waals surface area (Å²) in [7, 11) is 0. The molecule has 1 rings (SSSR count). The lowest BCUT2D eigenvalue weighted by Gasteiger charge is -1.97. The molecule has 0 spiro atoms. The van der Waals surface area contributed by atoms with E-state index in [0.29, 0.717) is 5.76 Å². The number of furan rings is 1. The van der Waals surface area contributed by atoms with Crippen LogP contribution < -0.4 is 5.32 Å². The quantitative estimate of drug-likeness (QED) is 0.666. The zero-order valence-corrected chi connectivity index (χ0v) is 6.66. The van der Waals surface area contributed by atoms with Crippen molar-refractivity contribution in [1.29, 1.82) is 0 Å². The predicted molar refractivity (Wildman–Crippen MR) is 41.2 cm³/mol. The molecule has 4 nitrogen and oxygen atoms in total. The number of carbonyl (C=O) groups excluding carboxylic acids is 2. The monoisotopic (exact) mass is 167 g/mol. The minimum Gasteiger partial charge on any atom is -0.467 e. The van der Waals surface area contributed by atoms with E-state index in [4.69, 9.17) is 4.42 Å². The fourth-order valence-corrected chi connectivity index (χ4v) is 0.705. The topological polar surface area (TPSA) is 59.3 Å². The van der Waals surface area contributed by atoms with Crippen LogP contribution in [0.1, 0.15) is 12.7 Å². The summed E-state index contributed by atoms with van der Waals surface area (Å²) in [5.74, 6) is -0.461. The van der Waals surface area contributed by atoms with E-state index in [1.54, 1.807) is 12.1 Å². The maximum atomic E-state index is 10.7. The fourth-order valence-electron chi connectivity index (χ4n) is 0.705. The Morgan fingerprint density at radius 1 is 1.58 bits per heavy atom. The number of ketones is 1. The normalized spacial score (nSPS) is 9.42. The molecule has 1 N–H and O–H groups in total. The second-order valence-electron chi connectivity index (χ2n) is 2.32. The maximum absolute atomic E-state index is 10.7. The summed E-state index contributed by atoms with van der Waals surface area (Å²) in [5, 5.41) is 2.40. The molecule has 0 saturated carbocycles. The van der Waals surface area contributed by atoms with E-state index >= 15 is 0 Å². The maximum Gasteiger partial charge on any atom is 0.287 e. The molecular weight excluding hydrogens is 158 g/mol. The van der Waals surface area contributed by atoms with Crippen molar-refractivity contribution in [3.05, 3.63) is 24.2 Å². The molecule has 1 amide bonds. The van der Waals surface area contributed by atoms with Gasteiger partial charge in [0.15, 0.2) is 0 Å². The van der Waals surface area contributed by atoms with E-state index < -0.39 is 11.7 Å². The van der Waals surface area contributed by atoms with Crippen molar-refractivity contribution in [3.8, 4) is 0 Å². The zero-order valence-electron chi connectivity index (χ0n) is 6.66. The van der Waals surface area contributed by atoms with Crippen molar-refractivity contribution in [2.24, 2.45) is 0 Å². The third kappa shape index (κ3) is 2.23. The predicted octanol–water partition coefficient (Wildman–Crippen LogP) is 0.485. The van der Waals surface area contributed by atoms with Gasteiger partial charge in [0.25, 0.3) is 5.91 Å². The Labute approximate surface area is 69.6 Å². The molecule has 0 radical (unpaired) electrons. The third-order valence-electron chi connectivity index (χ3n) is 1.32. The summed E-state index contributed by atoms with van der Waals surface area (Å²) in [6.45, 7) is 1.48. The lowest BCUT2D eigenvalue weighted by molar-refractivity contribution is -0.136. The second kappa shape index (κ2) is 3.71. The van der Waals surface area contributed by atoms with Crippen LogP contribution in [0, 0.1) is 0 Å². The van der Waals surface area contributed by atoms with Crippen LogP contribution in [0.2, 0.25) is 0 Å². The van der Waals surface area contributed by atoms with Gasteiger partial charge in [-0.3, -0.25) is 9.59 Å². The summed E-state index contributed by atoms with van der Waals surface area (Å²) < 4.78 is 4.94. The van der Waals surface area contributed by atoms with Gasteiger partial charge < -0.3 is 9.73 Å². The highest BCUT2D eigenvalue weighted by atomic mass is 16.3. The van der Waals surface area contributed by atoms with Crippen molar-refractivity contribution in [2.45, 2.75) is 13.5 Å². The Balaban J connectivity index is 2.37. The third-order valence-corrected chi connectivity index (χ3v) is 1.32. The van der Waals surface area contributed by atoms with Crippen molar-refractivity contribution >= 4 is 11.7 Å². The van der Waals surface area contributed by atoms with Crippen LogP contribution in [0.3, 0.4) is 0 Å². The van der Waals surface area contributed by atoms with E-state index in [-0.39, 0.29) is 6.54 Å². The number of Topliss-reactive ketones (excluding diaryl/α,β-unsaturated/α-hetero) is 1. The van der Waals surface area contributed by atoms with Crippen LogP contribution >= 0.6 is 0 Å². The first-order chi connectivity index (χ1) is 5.70. The molecule has 0 aliphatic heterocycles. The molecule has 0 bridgehead atoms. The summed E-state index contributed by atoms with van der Waals surface area (Å²) in [6, 6.07) is 3.44. The van der Waals surface area contributed by atoms with E-state index in [1.165, 1.54) is 13.2 Å². The molecule has 0 aliphatic carbocycles. The molecule has 0 atom stereocenters. The molecule has 0 aliphatic rings. The van der Waals surface area contributed by atoms with Crippen LogP contribution in [-0.2, 0) is 16.1 Å². The van der Waals surface area contributed by atoms with Crippen LogP contribution in [0.5, 0.6) is 0 Å². The zero-order chi connectivity index (χ0) is 8.97. The Kier molecular flexibility index (Phi) is 2.63. The molecule has 0 aromatic carbocycles. The number of amides is 1. The Morgan fingerprint density at radius 2 is 2.33 bits per heavy atom. The molecule has 0 fully saturated rings. The van der Waals surface area contributed by atoms with Crippen LogP contribution in [0.15, 0.2) is 22.8 Å². The van der Waals surface area contributed by atoms with Gasteiger partial charge in [-0.1, -0.05) is 0 Å². The highest BCUT2D eigenvalue weighted by Gasteiger charge is 2.06. The minimum atomic E-state index is -0.591. The molecule has 4 heteroatoms. The van der Waals surface area contributed by atoms with E-state index in [2.05, 4.69) is 5.32 Å². The van der Waals surface area contributed by atoms with Crippen molar-refractivity contribution in [2.75, 3.05) is 0 Å². The van der Waals surface area contributed by atoms with Crippen molar-refractivity contribution in [1.82, 2.24) is 5.32 Å². The molecule has 1 aromatic heterocycles. The summed E-state index contributed by atoms with van der Waals surface area (Å²) in [5.41, 5.74) is 0. The van der Waals surface area contributed by atoms with E-state index in [0.717, 1.165) is 0 Å². The lowest BCUT2D eigenvalue weighted by Crippen LogP contribution is -2.28. The van der Waals surface area contributed by atoms with Crippen LogP contribution in [0.4, 0.5) is 0 Å². The number of carbonyl (C=O) groups is 2. The second-order valence-corrected chi connectivity index (χ2v) is 2.32. The Hall–Kier alpha value is -1.58. The lowest BCUT2D eigenvalue weighted by atomic mass is 10.4. The van der Waals surface area contributed by atoms with E-state index in [9.17, 15) is 9.59 Å². The van der Waals surface area contributed by atoms with E-state index in [1.807, 2.05) is 0 Å². The number of nitrogens with one attached hydrogen (secondary N) is 1. The Bertz CT molecular complexity index is 277. The molecule has 12 heavy (non-hydrogen) atoms. The highest BCUT2D eigenvalue weighted by Crippen LogP contribution is 1.97. The number of rotatable bonds is 3. The van der Waals surface area contributed by atoms with Gasteiger partial charge in [-0.2, -0.15) is 0 Å². The van der Waals surface area contributed by atoms with Crippen LogP contribution in [-0.4, -0.2) is 11.7 Å². The first kappa shape index (κ1) is 8.52. The minimum absolute atomic E-state index is 0.255. The first-order valence-corrected chi connectivity index (χ1v) is 3.51. The standard InChI is InChI=1S/C8H9NO3/c1-6(10)8(11)9-5-7-3-2-4-12-7/h2-4H,5H2,1H3,(H,9,11).